The molecule has 0 saturated carbocycles. The summed E-state index contributed by atoms with van der Waals surface area (Å²) in [7, 11) is 1.58. The van der Waals surface area contributed by atoms with E-state index in [1.807, 2.05) is 12.1 Å². The topological polar surface area (TPSA) is 119 Å². The van der Waals surface area contributed by atoms with E-state index in [1.54, 1.807) is 50.3 Å². The van der Waals surface area contributed by atoms with Gasteiger partial charge in [-0.3, -0.25) is 14.8 Å². The lowest BCUT2D eigenvalue weighted by molar-refractivity contribution is 0.102. The molecule has 4 aromatic heterocycles. The zero-order chi connectivity index (χ0) is 23.7. The number of ether oxygens (including phenoxy) is 1. The van der Waals surface area contributed by atoms with Gasteiger partial charge in [0.05, 0.1) is 30.9 Å². The lowest BCUT2D eigenvalue weighted by Gasteiger charge is -2.37. The Bertz CT molecular complexity index is 1330. The third-order valence-electron chi connectivity index (χ3n) is 5.99. The first-order valence-corrected chi connectivity index (χ1v) is 11.2. The maximum Gasteiger partial charge on any atom is 0.274 e. The molecule has 174 valence electrons. The molecule has 0 radical (unpaired) electrons. The van der Waals surface area contributed by atoms with E-state index in [2.05, 4.69) is 32.1 Å². The molecule has 4 aromatic rings. The van der Waals surface area contributed by atoms with Crippen molar-refractivity contribution >= 4 is 28.4 Å². The molecule has 5 rings (SSSR count). The molecule has 34 heavy (non-hydrogen) atoms. The normalized spacial score (nSPS) is 18.1. The van der Waals surface area contributed by atoms with Crippen LogP contribution >= 0.6 is 0 Å². The van der Waals surface area contributed by atoms with E-state index in [-0.39, 0.29) is 17.6 Å². The van der Waals surface area contributed by atoms with Gasteiger partial charge in [0.2, 0.25) is 0 Å². The second-order valence-electron chi connectivity index (χ2n) is 8.66. The number of piperidine rings is 1. The zero-order valence-electron chi connectivity index (χ0n) is 19.1. The third-order valence-corrected chi connectivity index (χ3v) is 5.99. The predicted octanol–water partition coefficient (Wildman–Crippen LogP) is 3.72. The van der Waals surface area contributed by atoms with Gasteiger partial charge in [-0.1, -0.05) is 6.92 Å². The molecule has 1 amide bonds. The van der Waals surface area contributed by atoms with Gasteiger partial charge in [0, 0.05) is 42.7 Å². The number of methoxy groups -OCH3 is 1. The average Bonchev–Trinajstić information content (AvgIpc) is 3.27. The molecule has 0 aromatic carbocycles. The molecule has 1 aliphatic rings. The van der Waals surface area contributed by atoms with Crippen molar-refractivity contribution in [1.29, 1.82) is 0 Å². The highest BCUT2D eigenvalue weighted by Crippen LogP contribution is 2.32. The molecule has 0 bridgehead atoms. The fraction of sp³-hybridized carbons (Fsp3) is 0.280. The van der Waals surface area contributed by atoms with Crippen LogP contribution < -0.4 is 20.7 Å². The largest absolute Gasteiger partial charge is 0.495 e. The fourth-order valence-electron chi connectivity index (χ4n) is 4.46. The van der Waals surface area contributed by atoms with Gasteiger partial charge < -0.3 is 25.1 Å². The summed E-state index contributed by atoms with van der Waals surface area (Å²) in [5.74, 6) is 0.758. The molecule has 1 fully saturated rings. The smallest absolute Gasteiger partial charge is 0.274 e. The summed E-state index contributed by atoms with van der Waals surface area (Å²) >= 11 is 0. The van der Waals surface area contributed by atoms with E-state index in [9.17, 15) is 4.79 Å². The minimum absolute atomic E-state index is 0.0927. The van der Waals surface area contributed by atoms with Crippen LogP contribution in [0.4, 0.5) is 11.4 Å². The molecule has 1 saturated heterocycles. The Morgan fingerprint density at radius 3 is 2.91 bits per heavy atom. The summed E-state index contributed by atoms with van der Waals surface area (Å²) in [5.41, 5.74) is 10.7. The Kier molecular flexibility index (Phi) is 5.85. The number of nitrogens with zero attached hydrogens (tertiary/aromatic N) is 4. The summed E-state index contributed by atoms with van der Waals surface area (Å²) in [5, 5.41) is 2.98. The van der Waals surface area contributed by atoms with Gasteiger partial charge in [-0.2, -0.15) is 0 Å². The number of nitrogens with one attached hydrogen (secondary N) is 1. The molecule has 5 heterocycles. The van der Waals surface area contributed by atoms with Crippen LogP contribution in [0.25, 0.3) is 22.2 Å². The van der Waals surface area contributed by atoms with Crippen molar-refractivity contribution in [1.82, 2.24) is 15.0 Å². The van der Waals surface area contributed by atoms with Gasteiger partial charge in [-0.25, -0.2) is 4.98 Å². The van der Waals surface area contributed by atoms with Crippen LogP contribution in [0, 0.1) is 5.92 Å². The maximum atomic E-state index is 13.2. The molecular formula is C25H26N6O3. The molecule has 0 spiro atoms. The predicted molar refractivity (Wildman–Crippen MR) is 130 cm³/mol. The van der Waals surface area contributed by atoms with Crippen molar-refractivity contribution in [2.75, 3.05) is 30.4 Å². The average molecular weight is 459 g/mol. The van der Waals surface area contributed by atoms with Crippen LogP contribution in [-0.4, -0.2) is 47.1 Å². The number of hydrogen-bond acceptors (Lipinski definition) is 8. The minimum atomic E-state index is -0.332. The van der Waals surface area contributed by atoms with Crippen LogP contribution in [0.1, 0.15) is 23.8 Å². The number of furan rings is 1. The van der Waals surface area contributed by atoms with Crippen LogP contribution in [0.2, 0.25) is 0 Å². The maximum absolute atomic E-state index is 13.2. The van der Waals surface area contributed by atoms with E-state index >= 15 is 0 Å². The monoisotopic (exact) mass is 458 g/mol. The summed E-state index contributed by atoms with van der Waals surface area (Å²) in [4.78, 5) is 28.4. The molecule has 0 aliphatic carbocycles. The van der Waals surface area contributed by atoms with Crippen LogP contribution in [-0.2, 0) is 0 Å². The quantitative estimate of drug-likeness (QED) is 0.464. The number of carbonyl (C=O) groups is 1. The van der Waals surface area contributed by atoms with Gasteiger partial charge in [0.25, 0.3) is 5.91 Å². The summed E-state index contributed by atoms with van der Waals surface area (Å²) in [6.07, 6.45) is 9.30. The molecule has 3 N–H and O–H groups in total. The molecule has 1 aliphatic heterocycles. The lowest BCUT2D eigenvalue weighted by Crippen LogP contribution is -2.46. The van der Waals surface area contributed by atoms with E-state index in [4.69, 9.17) is 14.9 Å². The number of fused-ring (bicyclic) bond motifs is 1. The standard InChI is InChI=1S/C25H26N6O3/c1-15-7-17(26)13-31(12-15)22-5-6-27-11-21(22)30-25(32)20-3-4-23-24(29-20)19(14-34-23)16-8-18(33-2)10-28-9-16/h3-6,8-11,14-15,17H,7,12-13,26H2,1-2H3,(H,30,32). The minimum Gasteiger partial charge on any atom is -0.495 e. The van der Waals surface area contributed by atoms with Crippen molar-refractivity contribution in [3.05, 3.63) is 61.0 Å². The number of nitrogens with two attached hydrogens (primary N) is 1. The molecule has 9 heteroatoms. The van der Waals surface area contributed by atoms with Gasteiger partial charge in [0.1, 0.15) is 23.2 Å². The van der Waals surface area contributed by atoms with Gasteiger partial charge in [-0.15, -0.1) is 0 Å². The summed E-state index contributed by atoms with van der Waals surface area (Å²) in [6.45, 7) is 3.79. The Labute approximate surface area is 197 Å². The van der Waals surface area contributed by atoms with Crippen molar-refractivity contribution in [2.45, 2.75) is 19.4 Å². The third kappa shape index (κ3) is 4.29. The molecule has 2 unspecified atom stereocenters. The van der Waals surface area contributed by atoms with Crippen LogP contribution in [0.5, 0.6) is 5.75 Å². The number of rotatable bonds is 5. The van der Waals surface area contributed by atoms with Crippen molar-refractivity contribution < 1.29 is 13.9 Å². The van der Waals surface area contributed by atoms with Crippen molar-refractivity contribution in [2.24, 2.45) is 11.7 Å². The Morgan fingerprint density at radius 2 is 2.09 bits per heavy atom. The van der Waals surface area contributed by atoms with Crippen LogP contribution in [0.15, 0.2) is 59.7 Å². The lowest BCUT2D eigenvalue weighted by atomic mass is 9.96. The van der Waals surface area contributed by atoms with Crippen LogP contribution in [0.3, 0.4) is 0 Å². The van der Waals surface area contributed by atoms with E-state index < -0.39 is 0 Å². The molecule has 2 atom stereocenters. The first-order chi connectivity index (χ1) is 16.5. The first kappa shape index (κ1) is 21.8. The highest BCUT2D eigenvalue weighted by atomic mass is 16.5. The number of amides is 1. The molecule has 9 nitrogen and oxygen atoms in total. The zero-order valence-corrected chi connectivity index (χ0v) is 19.1. The fourth-order valence-corrected chi connectivity index (χ4v) is 4.46. The Balaban J connectivity index is 1.44. The van der Waals surface area contributed by atoms with E-state index in [0.717, 1.165) is 36.3 Å². The molecular weight excluding hydrogens is 432 g/mol. The number of pyridine rings is 3. The number of carbonyl (C=O) groups excluding carboxylic acids is 1. The number of hydrogen-bond donors (Lipinski definition) is 2. The van der Waals surface area contributed by atoms with Gasteiger partial charge in [0.15, 0.2) is 5.58 Å². The van der Waals surface area contributed by atoms with Crippen molar-refractivity contribution in [3.8, 4) is 16.9 Å². The van der Waals surface area contributed by atoms with E-state index in [1.165, 1.54) is 0 Å². The Hall–Kier alpha value is -3.98. The van der Waals surface area contributed by atoms with Gasteiger partial charge in [-0.05, 0) is 36.6 Å². The Morgan fingerprint density at radius 1 is 1.21 bits per heavy atom. The van der Waals surface area contributed by atoms with E-state index in [0.29, 0.717) is 28.5 Å². The van der Waals surface area contributed by atoms with Crippen molar-refractivity contribution in [3.63, 3.8) is 0 Å². The highest BCUT2D eigenvalue weighted by molar-refractivity contribution is 6.06. The van der Waals surface area contributed by atoms with Gasteiger partial charge >= 0.3 is 0 Å². The SMILES string of the molecule is COc1cncc(-c2coc3ccc(C(=O)Nc4cnccc4N4CC(C)CC(N)C4)nc23)c1. The number of aromatic nitrogens is 3. The first-order valence-electron chi connectivity index (χ1n) is 11.2. The number of anilines is 2. The second-order valence-corrected chi connectivity index (χ2v) is 8.66. The highest BCUT2D eigenvalue weighted by Gasteiger charge is 2.25. The second kappa shape index (κ2) is 9.11. The summed E-state index contributed by atoms with van der Waals surface area (Å²) in [6, 6.07) is 7.22. The summed E-state index contributed by atoms with van der Waals surface area (Å²) < 4.78 is 10.9.